The second kappa shape index (κ2) is 7.70. The van der Waals surface area contributed by atoms with Crippen LogP contribution in [0.4, 0.5) is 0 Å². The summed E-state index contributed by atoms with van der Waals surface area (Å²) in [5.41, 5.74) is 3.65. The molecule has 1 aliphatic carbocycles. The summed E-state index contributed by atoms with van der Waals surface area (Å²) in [6, 6.07) is 4.15. The van der Waals surface area contributed by atoms with Gasteiger partial charge < -0.3 is 4.74 Å². The highest BCUT2D eigenvalue weighted by atomic mass is 16.5. The lowest BCUT2D eigenvalue weighted by molar-refractivity contribution is 0.190. The zero-order valence-electron chi connectivity index (χ0n) is 15.8. The van der Waals surface area contributed by atoms with Crippen molar-refractivity contribution in [2.45, 2.75) is 71.1 Å². The molecule has 0 atom stereocenters. The lowest BCUT2D eigenvalue weighted by Crippen LogP contribution is -2.31. The predicted molar refractivity (Wildman–Crippen MR) is 101 cm³/mol. The number of pyridine rings is 1. The molecule has 5 nitrogen and oxygen atoms in total. The van der Waals surface area contributed by atoms with Gasteiger partial charge in [-0.05, 0) is 31.7 Å². The lowest BCUT2D eigenvalue weighted by atomic mass is 10.1. The van der Waals surface area contributed by atoms with Crippen molar-refractivity contribution in [3.63, 3.8) is 0 Å². The van der Waals surface area contributed by atoms with E-state index in [0.717, 1.165) is 50.6 Å². The Hall–Kier alpha value is -2.01. The van der Waals surface area contributed by atoms with Gasteiger partial charge >= 0.3 is 0 Å². The Morgan fingerprint density at radius 1 is 1.23 bits per heavy atom. The largest absolute Gasteiger partial charge is 0.474 e. The number of rotatable bonds is 5. The maximum absolute atomic E-state index is 6.20. The highest BCUT2D eigenvalue weighted by Crippen LogP contribution is 2.27. The fourth-order valence-corrected chi connectivity index (χ4v) is 3.86. The fourth-order valence-electron chi connectivity index (χ4n) is 3.86. The van der Waals surface area contributed by atoms with Gasteiger partial charge in [0.05, 0.1) is 0 Å². The Morgan fingerprint density at radius 3 is 2.88 bits per heavy atom. The summed E-state index contributed by atoms with van der Waals surface area (Å²) >= 11 is 0. The molecule has 4 rings (SSSR count). The molecular weight excluding hydrogens is 324 g/mol. The molecule has 2 aliphatic rings. The van der Waals surface area contributed by atoms with Crippen LogP contribution < -0.4 is 4.74 Å². The minimum atomic E-state index is 0.341. The first-order valence-electron chi connectivity index (χ1n) is 9.86. The SMILES string of the molecule is CC(C)c1ncc2c(n1)CCN(Cc1cccnc1OC1CCCC1)C2. The monoisotopic (exact) mass is 352 g/mol. The van der Waals surface area contributed by atoms with E-state index in [-0.39, 0.29) is 0 Å². The Balaban J connectivity index is 1.45. The molecule has 0 unspecified atom stereocenters. The summed E-state index contributed by atoms with van der Waals surface area (Å²) in [6.45, 7) is 7.06. The number of ether oxygens (including phenoxy) is 1. The van der Waals surface area contributed by atoms with Crippen molar-refractivity contribution in [2.24, 2.45) is 0 Å². The van der Waals surface area contributed by atoms with Crippen LogP contribution in [0.3, 0.4) is 0 Å². The molecule has 1 fully saturated rings. The van der Waals surface area contributed by atoms with Crippen LogP contribution in [0.15, 0.2) is 24.5 Å². The van der Waals surface area contributed by atoms with Crippen LogP contribution >= 0.6 is 0 Å². The molecule has 0 aromatic carbocycles. The molecule has 26 heavy (non-hydrogen) atoms. The Morgan fingerprint density at radius 2 is 2.08 bits per heavy atom. The Labute approximate surface area is 155 Å². The van der Waals surface area contributed by atoms with E-state index in [9.17, 15) is 0 Å². The van der Waals surface area contributed by atoms with Crippen LogP contribution in [0.1, 0.15) is 68.1 Å². The molecule has 5 heteroatoms. The lowest BCUT2D eigenvalue weighted by Gasteiger charge is -2.29. The molecule has 0 amide bonds. The van der Waals surface area contributed by atoms with Crippen molar-refractivity contribution < 1.29 is 4.74 Å². The fraction of sp³-hybridized carbons (Fsp3) is 0.571. The molecule has 2 aromatic rings. The summed E-state index contributed by atoms with van der Waals surface area (Å²) in [7, 11) is 0. The van der Waals surface area contributed by atoms with E-state index in [1.54, 1.807) is 0 Å². The molecule has 0 saturated heterocycles. The van der Waals surface area contributed by atoms with Crippen LogP contribution in [0.2, 0.25) is 0 Å². The highest BCUT2D eigenvalue weighted by molar-refractivity contribution is 5.27. The van der Waals surface area contributed by atoms with Gasteiger partial charge in [0.25, 0.3) is 0 Å². The highest BCUT2D eigenvalue weighted by Gasteiger charge is 2.22. The second-order valence-corrected chi connectivity index (χ2v) is 7.81. The van der Waals surface area contributed by atoms with E-state index in [4.69, 9.17) is 9.72 Å². The maximum atomic E-state index is 6.20. The smallest absolute Gasteiger partial charge is 0.218 e. The Kier molecular flexibility index (Phi) is 5.16. The van der Waals surface area contributed by atoms with E-state index in [2.05, 4.69) is 34.8 Å². The van der Waals surface area contributed by atoms with Gasteiger partial charge in [-0.2, -0.15) is 0 Å². The minimum Gasteiger partial charge on any atom is -0.474 e. The van der Waals surface area contributed by atoms with Crippen molar-refractivity contribution in [1.29, 1.82) is 0 Å². The predicted octanol–water partition coefficient (Wildman–Crippen LogP) is 3.87. The van der Waals surface area contributed by atoms with Crippen molar-refractivity contribution >= 4 is 0 Å². The molecule has 3 heterocycles. The first kappa shape index (κ1) is 17.4. The molecule has 0 N–H and O–H groups in total. The van der Waals surface area contributed by atoms with Gasteiger partial charge in [-0.25, -0.2) is 15.0 Å². The summed E-state index contributed by atoms with van der Waals surface area (Å²) in [5, 5.41) is 0. The number of nitrogens with zero attached hydrogens (tertiary/aromatic N) is 4. The molecule has 1 aliphatic heterocycles. The molecule has 2 aromatic heterocycles. The number of fused-ring (bicyclic) bond motifs is 1. The van der Waals surface area contributed by atoms with Crippen LogP contribution in [-0.4, -0.2) is 32.5 Å². The third-order valence-electron chi connectivity index (χ3n) is 5.37. The van der Waals surface area contributed by atoms with Gasteiger partial charge in [0.2, 0.25) is 5.88 Å². The number of aromatic nitrogens is 3. The number of hydrogen-bond donors (Lipinski definition) is 0. The van der Waals surface area contributed by atoms with Gasteiger partial charge in [-0.3, -0.25) is 4.90 Å². The van der Waals surface area contributed by atoms with Gasteiger partial charge in [-0.15, -0.1) is 0 Å². The Bertz CT molecular complexity index is 755. The summed E-state index contributed by atoms with van der Waals surface area (Å²) in [6.07, 6.45) is 10.0. The zero-order valence-corrected chi connectivity index (χ0v) is 15.8. The van der Waals surface area contributed by atoms with Crippen LogP contribution in [0.25, 0.3) is 0 Å². The third kappa shape index (κ3) is 3.88. The standard InChI is InChI=1S/C21H28N4O/c1-15(2)20-23-12-17-14-25(11-9-19(17)24-20)13-16-6-5-10-22-21(16)26-18-7-3-4-8-18/h5-6,10,12,15,18H,3-4,7-9,11,13-14H2,1-2H3. The van der Waals surface area contributed by atoms with E-state index in [1.165, 1.54) is 29.7 Å². The van der Waals surface area contributed by atoms with E-state index in [1.807, 2.05) is 18.5 Å². The van der Waals surface area contributed by atoms with Crippen molar-refractivity contribution in [3.05, 3.63) is 47.2 Å². The average molecular weight is 352 g/mol. The van der Waals surface area contributed by atoms with Gasteiger partial charge in [-0.1, -0.05) is 19.9 Å². The quantitative estimate of drug-likeness (QED) is 0.817. The normalized spacial score (nSPS) is 18.3. The molecule has 0 bridgehead atoms. The molecular formula is C21H28N4O. The summed E-state index contributed by atoms with van der Waals surface area (Å²) < 4.78 is 6.20. The summed E-state index contributed by atoms with van der Waals surface area (Å²) in [5.74, 6) is 2.15. The molecule has 0 spiro atoms. The van der Waals surface area contributed by atoms with Crippen molar-refractivity contribution in [3.8, 4) is 5.88 Å². The molecule has 138 valence electrons. The van der Waals surface area contributed by atoms with E-state index < -0.39 is 0 Å². The van der Waals surface area contributed by atoms with Crippen molar-refractivity contribution in [2.75, 3.05) is 6.54 Å². The van der Waals surface area contributed by atoms with Crippen LogP contribution in [0, 0.1) is 0 Å². The first-order valence-corrected chi connectivity index (χ1v) is 9.86. The summed E-state index contributed by atoms with van der Waals surface area (Å²) in [4.78, 5) is 16.3. The minimum absolute atomic E-state index is 0.341. The topological polar surface area (TPSA) is 51.1 Å². The third-order valence-corrected chi connectivity index (χ3v) is 5.37. The second-order valence-electron chi connectivity index (χ2n) is 7.81. The maximum Gasteiger partial charge on any atom is 0.218 e. The van der Waals surface area contributed by atoms with Gasteiger partial charge in [0, 0.05) is 61.2 Å². The number of hydrogen-bond acceptors (Lipinski definition) is 5. The average Bonchev–Trinajstić information content (AvgIpc) is 3.16. The molecule has 0 radical (unpaired) electrons. The van der Waals surface area contributed by atoms with E-state index in [0.29, 0.717) is 12.0 Å². The molecule has 1 saturated carbocycles. The van der Waals surface area contributed by atoms with Crippen LogP contribution in [0.5, 0.6) is 5.88 Å². The van der Waals surface area contributed by atoms with E-state index >= 15 is 0 Å². The van der Waals surface area contributed by atoms with Gasteiger partial charge in [0.15, 0.2) is 0 Å². The zero-order chi connectivity index (χ0) is 17.9. The van der Waals surface area contributed by atoms with Gasteiger partial charge in [0.1, 0.15) is 11.9 Å². The first-order chi connectivity index (χ1) is 12.7. The van der Waals surface area contributed by atoms with Crippen LogP contribution in [-0.2, 0) is 19.5 Å². The van der Waals surface area contributed by atoms with Crippen molar-refractivity contribution in [1.82, 2.24) is 19.9 Å².